The van der Waals surface area contributed by atoms with E-state index in [2.05, 4.69) is 20.3 Å². The molecule has 6 nitrogen and oxygen atoms in total. The third kappa shape index (κ3) is 2.14. The molecule has 0 N–H and O–H groups in total. The zero-order chi connectivity index (χ0) is 17.0. The highest BCUT2D eigenvalue weighted by molar-refractivity contribution is 7.19. The van der Waals surface area contributed by atoms with Gasteiger partial charge >= 0.3 is 0 Å². The van der Waals surface area contributed by atoms with Gasteiger partial charge in [0.05, 0.1) is 5.69 Å². The molecule has 8 heteroatoms. The van der Waals surface area contributed by atoms with Crippen LogP contribution in [0.4, 0.5) is 4.39 Å². The fourth-order valence-electron chi connectivity index (χ4n) is 2.86. The molecule has 122 valence electrons. The summed E-state index contributed by atoms with van der Waals surface area (Å²) in [5, 5.41) is 13.9. The average molecular weight is 350 g/mol. The van der Waals surface area contributed by atoms with E-state index in [1.807, 2.05) is 35.7 Å². The van der Waals surface area contributed by atoms with Gasteiger partial charge in [0.2, 0.25) is 10.8 Å². The summed E-state index contributed by atoms with van der Waals surface area (Å²) in [5.74, 6) is 0.365. The van der Waals surface area contributed by atoms with Crippen molar-refractivity contribution in [3.63, 3.8) is 0 Å². The lowest BCUT2D eigenvalue weighted by Gasteiger charge is -1.99. The standard InChI is InChI=1S/C17H11FN6S/c1-10-14(23-9-3-2-4-13(23)19-10)15-20-21-17-24(15)22-16(25-17)11-5-7-12(18)8-6-11/h2-9H,1H3. The molecule has 1 aromatic carbocycles. The molecule has 0 saturated carbocycles. The molecule has 0 radical (unpaired) electrons. The second kappa shape index (κ2) is 5.18. The minimum Gasteiger partial charge on any atom is -0.297 e. The second-order valence-electron chi connectivity index (χ2n) is 5.61. The van der Waals surface area contributed by atoms with Crippen molar-refractivity contribution >= 4 is 21.9 Å². The van der Waals surface area contributed by atoms with Gasteiger partial charge in [-0.25, -0.2) is 9.37 Å². The Balaban J connectivity index is 1.72. The largest absolute Gasteiger partial charge is 0.297 e. The molecule has 0 bridgehead atoms. The van der Waals surface area contributed by atoms with Gasteiger partial charge in [0.15, 0.2) is 0 Å². The first-order valence-corrected chi connectivity index (χ1v) is 8.44. The van der Waals surface area contributed by atoms with Crippen molar-refractivity contribution in [3.8, 4) is 22.1 Å². The van der Waals surface area contributed by atoms with Crippen LogP contribution in [0.3, 0.4) is 0 Å². The molecule has 0 aliphatic heterocycles. The number of imidazole rings is 1. The predicted octanol–water partition coefficient (Wildman–Crippen LogP) is 3.62. The Kier molecular flexibility index (Phi) is 2.95. The lowest BCUT2D eigenvalue weighted by atomic mass is 10.2. The molecule has 4 heterocycles. The van der Waals surface area contributed by atoms with Crippen LogP contribution < -0.4 is 0 Å². The number of aromatic nitrogens is 6. The van der Waals surface area contributed by atoms with Crippen LogP contribution in [0, 0.1) is 12.7 Å². The molecule has 0 unspecified atom stereocenters. The van der Waals surface area contributed by atoms with Gasteiger partial charge in [-0.3, -0.25) is 4.40 Å². The monoisotopic (exact) mass is 350 g/mol. The van der Waals surface area contributed by atoms with Gasteiger partial charge in [0, 0.05) is 11.8 Å². The predicted molar refractivity (Wildman–Crippen MR) is 93.0 cm³/mol. The molecule has 25 heavy (non-hydrogen) atoms. The molecule has 0 spiro atoms. The summed E-state index contributed by atoms with van der Waals surface area (Å²) in [4.78, 5) is 5.25. The number of fused-ring (bicyclic) bond motifs is 2. The van der Waals surface area contributed by atoms with Crippen molar-refractivity contribution in [2.24, 2.45) is 0 Å². The van der Waals surface area contributed by atoms with Crippen LogP contribution >= 0.6 is 11.3 Å². The molecule has 5 rings (SSSR count). The SMILES string of the molecule is Cc1nc2ccccn2c1-c1nnc2sc(-c3ccc(F)cc3)nn12. The Morgan fingerprint density at radius 3 is 2.72 bits per heavy atom. The highest BCUT2D eigenvalue weighted by Crippen LogP contribution is 2.29. The number of hydrogen-bond acceptors (Lipinski definition) is 5. The minimum atomic E-state index is -0.270. The number of halogens is 1. The second-order valence-corrected chi connectivity index (χ2v) is 6.56. The number of pyridine rings is 1. The summed E-state index contributed by atoms with van der Waals surface area (Å²) in [7, 11) is 0. The quantitative estimate of drug-likeness (QED) is 0.488. The maximum atomic E-state index is 13.1. The maximum Gasteiger partial charge on any atom is 0.235 e. The zero-order valence-electron chi connectivity index (χ0n) is 13.1. The van der Waals surface area contributed by atoms with Crippen molar-refractivity contribution in [2.45, 2.75) is 6.92 Å². The number of nitrogens with zero attached hydrogens (tertiary/aromatic N) is 6. The van der Waals surface area contributed by atoms with Gasteiger partial charge in [-0.05, 0) is 43.3 Å². The smallest absolute Gasteiger partial charge is 0.235 e. The lowest BCUT2D eigenvalue weighted by Crippen LogP contribution is -1.96. The van der Waals surface area contributed by atoms with Crippen LogP contribution in [0.2, 0.25) is 0 Å². The van der Waals surface area contributed by atoms with E-state index in [0.29, 0.717) is 10.8 Å². The summed E-state index contributed by atoms with van der Waals surface area (Å²) < 4.78 is 16.8. The van der Waals surface area contributed by atoms with E-state index in [1.165, 1.54) is 23.5 Å². The first-order valence-electron chi connectivity index (χ1n) is 7.63. The number of hydrogen-bond donors (Lipinski definition) is 0. The van der Waals surface area contributed by atoms with E-state index >= 15 is 0 Å². The third-order valence-electron chi connectivity index (χ3n) is 4.00. The first kappa shape index (κ1) is 14.2. The van der Waals surface area contributed by atoms with E-state index in [1.54, 1.807) is 16.6 Å². The van der Waals surface area contributed by atoms with E-state index in [4.69, 9.17) is 0 Å². The molecule has 0 aliphatic carbocycles. The van der Waals surface area contributed by atoms with Crippen LogP contribution in [0.5, 0.6) is 0 Å². The molecule has 0 fully saturated rings. The van der Waals surface area contributed by atoms with Gasteiger partial charge < -0.3 is 0 Å². The summed E-state index contributed by atoms with van der Waals surface area (Å²) in [6.07, 6.45) is 1.94. The highest BCUT2D eigenvalue weighted by Gasteiger charge is 2.19. The Hall–Kier alpha value is -3.13. The lowest BCUT2D eigenvalue weighted by molar-refractivity contribution is 0.628. The Morgan fingerprint density at radius 2 is 1.88 bits per heavy atom. The molecular formula is C17H11FN6S. The van der Waals surface area contributed by atoms with E-state index in [9.17, 15) is 4.39 Å². The van der Waals surface area contributed by atoms with Crippen molar-refractivity contribution in [1.82, 2.24) is 29.2 Å². The Bertz CT molecular complexity index is 1220. The van der Waals surface area contributed by atoms with Crippen LogP contribution in [0.25, 0.3) is 32.7 Å². The first-order chi connectivity index (χ1) is 12.2. The molecule has 0 amide bonds. The molecular weight excluding hydrogens is 339 g/mol. The molecule has 0 aliphatic rings. The van der Waals surface area contributed by atoms with Crippen LogP contribution in [-0.4, -0.2) is 29.2 Å². The summed E-state index contributed by atoms with van der Waals surface area (Å²) in [5.41, 5.74) is 3.41. The number of aryl methyl sites for hydroxylation is 1. The fourth-order valence-corrected chi connectivity index (χ4v) is 3.70. The van der Waals surface area contributed by atoms with Crippen molar-refractivity contribution in [1.29, 1.82) is 0 Å². The minimum absolute atomic E-state index is 0.270. The van der Waals surface area contributed by atoms with Crippen LogP contribution in [0.1, 0.15) is 5.69 Å². The third-order valence-corrected chi connectivity index (χ3v) is 4.95. The Labute approximate surface area is 145 Å². The van der Waals surface area contributed by atoms with E-state index in [-0.39, 0.29) is 5.82 Å². The van der Waals surface area contributed by atoms with E-state index in [0.717, 1.165) is 27.6 Å². The van der Waals surface area contributed by atoms with Gasteiger partial charge in [0.25, 0.3) is 0 Å². The van der Waals surface area contributed by atoms with Crippen LogP contribution in [0.15, 0.2) is 48.7 Å². The van der Waals surface area contributed by atoms with Crippen molar-refractivity contribution < 1.29 is 4.39 Å². The number of rotatable bonds is 2. The summed E-state index contributed by atoms with van der Waals surface area (Å²) in [6, 6.07) is 12.1. The topological polar surface area (TPSA) is 60.4 Å². The molecule has 5 aromatic rings. The van der Waals surface area contributed by atoms with E-state index < -0.39 is 0 Å². The normalized spacial score (nSPS) is 11.6. The number of benzene rings is 1. The molecule has 0 saturated heterocycles. The van der Waals surface area contributed by atoms with Crippen LogP contribution in [-0.2, 0) is 0 Å². The Morgan fingerprint density at radius 1 is 1.04 bits per heavy atom. The zero-order valence-corrected chi connectivity index (χ0v) is 13.9. The van der Waals surface area contributed by atoms with Crippen molar-refractivity contribution in [3.05, 3.63) is 60.2 Å². The van der Waals surface area contributed by atoms with Gasteiger partial charge in [0.1, 0.15) is 22.2 Å². The molecule has 0 atom stereocenters. The van der Waals surface area contributed by atoms with Crippen molar-refractivity contribution in [2.75, 3.05) is 0 Å². The summed E-state index contributed by atoms with van der Waals surface area (Å²) in [6.45, 7) is 1.94. The maximum absolute atomic E-state index is 13.1. The average Bonchev–Trinajstić information content (AvgIpc) is 3.27. The summed E-state index contributed by atoms with van der Waals surface area (Å²) >= 11 is 1.41. The highest BCUT2D eigenvalue weighted by atomic mass is 32.1. The fraction of sp³-hybridized carbons (Fsp3) is 0.0588. The van der Waals surface area contributed by atoms with Gasteiger partial charge in [-0.15, -0.1) is 10.2 Å². The van der Waals surface area contributed by atoms with Gasteiger partial charge in [-0.1, -0.05) is 17.4 Å². The molecule has 4 aromatic heterocycles. The van der Waals surface area contributed by atoms with Gasteiger partial charge in [-0.2, -0.15) is 9.61 Å².